The molecule has 0 aliphatic carbocycles. The van der Waals surface area contributed by atoms with Crippen LogP contribution in [0.1, 0.15) is 16.1 Å². The predicted molar refractivity (Wildman–Crippen MR) is 74.7 cm³/mol. The molecule has 1 aromatic carbocycles. The fraction of sp³-hybridized carbons (Fsp3) is 0.231. The summed E-state index contributed by atoms with van der Waals surface area (Å²) in [5.41, 5.74) is 7.24. The van der Waals surface area contributed by atoms with Crippen LogP contribution in [0.2, 0.25) is 0 Å². The molecule has 4 nitrogen and oxygen atoms in total. The van der Waals surface area contributed by atoms with Crippen LogP contribution in [-0.4, -0.2) is 29.4 Å². The van der Waals surface area contributed by atoms with Gasteiger partial charge in [0.15, 0.2) is 5.76 Å². The molecule has 5 heteroatoms. The number of fused-ring (bicyclic) bond motifs is 1. The molecule has 0 saturated heterocycles. The van der Waals surface area contributed by atoms with Crippen LogP contribution in [0.5, 0.6) is 0 Å². The highest BCUT2D eigenvalue weighted by atomic mass is 32.1. The smallest absolute Gasteiger partial charge is 0.289 e. The zero-order valence-electron chi connectivity index (χ0n) is 10.3. The molecule has 0 aliphatic rings. The van der Waals surface area contributed by atoms with Crippen molar-refractivity contribution in [2.75, 3.05) is 13.6 Å². The van der Waals surface area contributed by atoms with E-state index in [1.807, 2.05) is 25.1 Å². The Kier molecular flexibility index (Phi) is 3.34. The zero-order valence-corrected chi connectivity index (χ0v) is 11.1. The molecule has 2 aromatic rings. The summed E-state index contributed by atoms with van der Waals surface area (Å²) >= 11 is 4.78. The first kappa shape index (κ1) is 12.6. The number of nitrogens with two attached hydrogens (primary N) is 1. The third-order valence-electron chi connectivity index (χ3n) is 2.62. The van der Waals surface area contributed by atoms with Gasteiger partial charge in [0.2, 0.25) is 0 Å². The summed E-state index contributed by atoms with van der Waals surface area (Å²) in [5.74, 6) is 0.0750. The lowest BCUT2D eigenvalue weighted by Gasteiger charge is -2.13. The van der Waals surface area contributed by atoms with E-state index in [0.29, 0.717) is 11.3 Å². The second-order valence-corrected chi connectivity index (χ2v) is 4.80. The number of benzene rings is 1. The van der Waals surface area contributed by atoms with E-state index in [0.717, 1.165) is 10.9 Å². The van der Waals surface area contributed by atoms with Crippen LogP contribution < -0.4 is 5.73 Å². The van der Waals surface area contributed by atoms with Crippen LogP contribution in [0, 0.1) is 6.92 Å². The number of likely N-dealkylation sites (N-methyl/N-ethyl adjacent to an activating group) is 1. The van der Waals surface area contributed by atoms with Gasteiger partial charge >= 0.3 is 0 Å². The van der Waals surface area contributed by atoms with Crippen molar-refractivity contribution in [1.29, 1.82) is 0 Å². The molecule has 0 bridgehead atoms. The number of aryl methyl sites for hydroxylation is 1. The summed E-state index contributed by atoms with van der Waals surface area (Å²) < 4.78 is 5.51. The highest BCUT2D eigenvalue weighted by molar-refractivity contribution is 7.80. The van der Waals surface area contributed by atoms with Crippen molar-refractivity contribution in [3.8, 4) is 0 Å². The Morgan fingerprint density at radius 3 is 2.83 bits per heavy atom. The first-order valence-corrected chi connectivity index (χ1v) is 5.92. The zero-order chi connectivity index (χ0) is 13.3. The second-order valence-electron chi connectivity index (χ2n) is 4.28. The number of carbonyl (C=O) groups excluding carboxylic acids is 1. The molecule has 0 atom stereocenters. The normalized spacial score (nSPS) is 10.6. The lowest BCUT2D eigenvalue weighted by atomic mass is 10.2. The molecular formula is C13H14N2O2S. The summed E-state index contributed by atoms with van der Waals surface area (Å²) in [6.07, 6.45) is 0. The predicted octanol–water partition coefficient (Wildman–Crippen LogP) is 2.10. The number of nitrogens with zero attached hydrogens (tertiary/aromatic N) is 1. The third kappa shape index (κ3) is 2.51. The molecule has 0 aliphatic heterocycles. The van der Waals surface area contributed by atoms with Gasteiger partial charge in [-0.15, -0.1) is 0 Å². The first-order chi connectivity index (χ1) is 8.47. The Balaban J connectivity index is 2.30. The van der Waals surface area contributed by atoms with Gasteiger partial charge in [0, 0.05) is 12.4 Å². The largest absolute Gasteiger partial charge is 0.451 e. The van der Waals surface area contributed by atoms with E-state index >= 15 is 0 Å². The van der Waals surface area contributed by atoms with Gasteiger partial charge in [0.25, 0.3) is 5.91 Å². The standard InChI is InChI=1S/C13H14N2O2S/c1-8-3-4-10-9(5-8)6-11(17-10)13(16)15(2)7-12(14)18/h3-6H,7H2,1-2H3,(H2,14,18). The van der Waals surface area contributed by atoms with Crippen molar-refractivity contribution in [1.82, 2.24) is 4.90 Å². The number of hydrogen-bond acceptors (Lipinski definition) is 3. The van der Waals surface area contributed by atoms with Gasteiger partial charge in [-0.2, -0.15) is 0 Å². The van der Waals surface area contributed by atoms with E-state index in [4.69, 9.17) is 22.4 Å². The molecule has 2 rings (SSSR count). The summed E-state index contributed by atoms with van der Waals surface area (Å²) in [6, 6.07) is 7.51. The van der Waals surface area contributed by atoms with Gasteiger partial charge in [-0.1, -0.05) is 23.8 Å². The third-order valence-corrected chi connectivity index (χ3v) is 2.75. The van der Waals surface area contributed by atoms with Gasteiger partial charge in [0.05, 0.1) is 11.5 Å². The summed E-state index contributed by atoms with van der Waals surface area (Å²) in [4.78, 5) is 13.8. The SMILES string of the molecule is Cc1ccc2oc(C(=O)N(C)CC(N)=S)cc2c1. The maximum absolute atomic E-state index is 12.1. The van der Waals surface area contributed by atoms with Gasteiger partial charge in [-0.05, 0) is 25.1 Å². The van der Waals surface area contributed by atoms with Crippen molar-refractivity contribution in [2.45, 2.75) is 6.92 Å². The monoisotopic (exact) mass is 262 g/mol. The molecule has 0 fully saturated rings. The lowest BCUT2D eigenvalue weighted by molar-refractivity contribution is 0.0786. The fourth-order valence-corrected chi connectivity index (χ4v) is 1.96. The van der Waals surface area contributed by atoms with Gasteiger partial charge in [0.1, 0.15) is 5.58 Å². The van der Waals surface area contributed by atoms with E-state index in [-0.39, 0.29) is 17.4 Å². The average Bonchev–Trinajstić information content (AvgIpc) is 2.69. The molecular weight excluding hydrogens is 248 g/mol. The highest BCUT2D eigenvalue weighted by Gasteiger charge is 2.17. The molecule has 0 spiro atoms. The Morgan fingerprint density at radius 1 is 1.44 bits per heavy atom. The minimum atomic E-state index is -0.225. The minimum absolute atomic E-state index is 0.225. The van der Waals surface area contributed by atoms with Gasteiger partial charge < -0.3 is 15.1 Å². The van der Waals surface area contributed by atoms with Crippen LogP contribution >= 0.6 is 12.2 Å². The van der Waals surface area contributed by atoms with E-state index < -0.39 is 0 Å². The highest BCUT2D eigenvalue weighted by Crippen LogP contribution is 2.21. The van der Waals surface area contributed by atoms with Crippen LogP contribution in [0.4, 0.5) is 0 Å². The van der Waals surface area contributed by atoms with Crippen LogP contribution in [0.3, 0.4) is 0 Å². The number of amides is 1. The van der Waals surface area contributed by atoms with E-state index in [2.05, 4.69) is 0 Å². The maximum atomic E-state index is 12.1. The van der Waals surface area contributed by atoms with Gasteiger partial charge in [-0.25, -0.2) is 0 Å². The van der Waals surface area contributed by atoms with Crippen molar-refractivity contribution in [3.63, 3.8) is 0 Å². The van der Waals surface area contributed by atoms with Crippen molar-refractivity contribution in [2.24, 2.45) is 5.73 Å². The first-order valence-electron chi connectivity index (χ1n) is 5.51. The molecule has 0 saturated carbocycles. The van der Waals surface area contributed by atoms with Crippen molar-refractivity contribution < 1.29 is 9.21 Å². The number of furan rings is 1. The molecule has 0 radical (unpaired) electrons. The molecule has 1 amide bonds. The van der Waals surface area contributed by atoms with Crippen LogP contribution in [0.25, 0.3) is 11.0 Å². The number of hydrogen-bond donors (Lipinski definition) is 1. The Bertz CT molecular complexity index is 618. The quantitative estimate of drug-likeness (QED) is 0.861. The Labute approximate surface area is 110 Å². The number of thiocarbonyl (C=S) groups is 1. The lowest BCUT2D eigenvalue weighted by Crippen LogP contribution is -2.34. The average molecular weight is 262 g/mol. The topological polar surface area (TPSA) is 59.5 Å². The van der Waals surface area contributed by atoms with Gasteiger partial charge in [-0.3, -0.25) is 4.79 Å². The summed E-state index contributed by atoms with van der Waals surface area (Å²) in [5, 5.41) is 0.919. The Morgan fingerprint density at radius 2 is 2.17 bits per heavy atom. The number of rotatable bonds is 3. The summed E-state index contributed by atoms with van der Waals surface area (Å²) in [7, 11) is 1.64. The minimum Gasteiger partial charge on any atom is -0.451 e. The van der Waals surface area contributed by atoms with Crippen LogP contribution in [-0.2, 0) is 0 Å². The Hall–Kier alpha value is -1.88. The maximum Gasteiger partial charge on any atom is 0.289 e. The molecule has 2 N–H and O–H groups in total. The summed E-state index contributed by atoms with van der Waals surface area (Å²) in [6.45, 7) is 2.23. The molecule has 1 aromatic heterocycles. The van der Waals surface area contributed by atoms with Crippen LogP contribution in [0.15, 0.2) is 28.7 Å². The number of carbonyl (C=O) groups is 1. The molecule has 0 unspecified atom stereocenters. The van der Waals surface area contributed by atoms with E-state index in [1.165, 1.54) is 4.90 Å². The van der Waals surface area contributed by atoms with Crippen molar-refractivity contribution >= 4 is 34.1 Å². The molecule has 94 valence electrons. The second kappa shape index (κ2) is 4.78. The molecule has 18 heavy (non-hydrogen) atoms. The van der Waals surface area contributed by atoms with E-state index in [9.17, 15) is 4.79 Å². The molecule has 1 heterocycles. The fourth-order valence-electron chi connectivity index (χ4n) is 1.76. The van der Waals surface area contributed by atoms with Crippen molar-refractivity contribution in [3.05, 3.63) is 35.6 Å². The van der Waals surface area contributed by atoms with E-state index in [1.54, 1.807) is 13.1 Å².